The number of aryl methyl sites for hydroxylation is 2. The molecule has 156 valence electrons. The topological polar surface area (TPSA) is 122 Å². The van der Waals surface area contributed by atoms with Crippen molar-refractivity contribution in [3.05, 3.63) is 40.9 Å². The first-order valence-electron chi connectivity index (χ1n) is 9.84. The third-order valence-corrected chi connectivity index (χ3v) is 5.13. The summed E-state index contributed by atoms with van der Waals surface area (Å²) in [7, 11) is 1.69. The third-order valence-electron chi connectivity index (χ3n) is 5.13. The molecule has 9 heteroatoms. The molecule has 0 aliphatic carbocycles. The molecule has 9 nitrogen and oxygen atoms in total. The number of amides is 1. The maximum atomic E-state index is 13.0. The number of carbonyl (C=O) groups is 1. The number of aliphatic imine (C=N–C) groups is 1. The van der Waals surface area contributed by atoms with Gasteiger partial charge in [0.05, 0.1) is 16.9 Å². The standard InChI is InChI=1S/C21H25N7O2/c1-12-20-17(30-13(2)26-20)10-18(25-12)27-21(29)14-4-5-16(15(11-23-3)19(14)22)28-8-6-24-7-9-28/h4-5,10-11,24H,6-9,22H2,1-3H3,(H,25,27,29). The average Bonchev–Trinajstić information content (AvgIpc) is 3.11. The second-order valence-corrected chi connectivity index (χ2v) is 7.21. The maximum absolute atomic E-state index is 13.0. The third kappa shape index (κ3) is 3.71. The molecule has 1 aliphatic heterocycles. The fourth-order valence-corrected chi connectivity index (χ4v) is 3.71. The normalized spacial score (nSPS) is 14.6. The van der Waals surface area contributed by atoms with Crippen molar-refractivity contribution in [1.82, 2.24) is 15.3 Å². The van der Waals surface area contributed by atoms with E-state index in [2.05, 4.69) is 30.5 Å². The Morgan fingerprint density at radius 3 is 2.80 bits per heavy atom. The zero-order chi connectivity index (χ0) is 21.3. The molecule has 1 saturated heterocycles. The van der Waals surface area contributed by atoms with Gasteiger partial charge in [-0.2, -0.15) is 0 Å². The molecule has 0 bridgehead atoms. The molecule has 4 rings (SSSR count). The molecule has 0 atom stereocenters. The number of hydrogen-bond acceptors (Lipinski definition) is 8. The molecule has 0 radical (unpaired) electrons. The molecule has 3 aromatic rings. The van der Waals surface area contributed by atoms with Crippen LogP contribution in [-0.2, 0) is 0 Å². The summed E-state index contributed by atoms with van der Waals surface area (Å²) < 4.78 is 5.58. The highest BCUT2D eigenvalue weighted by molar-refractivity contribution is 6.11. The molecular formula is C21H25N7O2. The van der Waals surface area contributed by atoms with Gasteiger partial charge in [-0.15, -0.1) is 0 Å². The molecule has 1 fully saturated rings. The summed E-state index contributed by atoms with van der Waals surface area (Å²) >= 11 is 0. The predicted octanol–water partition coefficient (Wildman–Crippen LogP) is 2.13. The van der Waals surface area contributed by atoms with E-state index in [1.165, 1.54) is 0 Å². The molecule has 3 heterocycles. The minimum Gasteiger partial charge on any atom is -0.441 e. The fraction of sp³-hybridized carbons (Fsp3) is 0.333. The Bertz CT molecular complexity index is 1130. The van der Waals surface area contributed by atoms with E-state index in [0.717, 1.165) is 37.4 Å². The number of hydrogen-bond donors (Lipinski definition) is 3. The van der Waals surface area contributed by atoms with E-state index in [4.69, 9.17) is 10.2 Å². The van der Waals surface area contributed by atoms with Gasteiger partial charge in [0, 0.05) is 63.7 Å². The van der Waals surface area contributed by atoms with E-state index in [1.807, 2.05) is 13.0 Å². The van der Waals surface area contributed by atoms with Crippen LogP contribution in [0.1, 0.15) is 27.5 Å². The monoisotopic (exact) mass is 407 g/mol. The second-order valence-electron chi connectivity index (χ2n) is 7.21. The van der Waals surface area contributed by atoms with Crippen LogP contribution in [0.15, 0.2) is 27.6 Å². The molecule has 1 aromatic carbocycles. The Morgan fingerprint density at radius 1 is 1.30 bits per heavy atom. The molecule has 1 amide bonds. The maximum Gasteiger partial charge on any atom is 0.258 e. The van der Waals surface area contributed by atoms with Gasteiger partial charge in [-0.1, -0.05) is 0 Å². The minimum absolute atomic E-state index is 0.340. The molecule has 2 aromatic heterocycles. The van der Waals surface area contributed by atoms with Crippen molar-refractivity contribution in [2.75, 3.05) is 49.2 Å². The number of nitrogens with two attached hydrogens (primary N) is 1. The van der Waals surface area contributed by atoms with Gasteiger partial charge in [0.2, 0.25) is 0 Å². The highest BCUT2D eigenvalue weighted by atomic mass is 16.3. The van der Waals surface area contributed by atoms with Crippen LogP contribution in [0.2, 0.25) is 0 Å². The number of fused-ring (bicyclic) bond motifs is 1. The zero-order valence-corrected chi connectivity index (χ0v) is 17.3. The van der Waals surface area contributed by atoms with Crippen LogP contribution in [0.4, 0.5) is 17.2 Å². The number of aromatic nitrogens is 2. The first kappa shape index (κ1) is 19.8. The summed E-state index contributed by atoms with van der Waals surface area (Å²) in [4.78, 5) is 28.1. The Kier molecular flexibility index (Phi) is 5.37. The van der Waals surface area contributed by atoms with E-state index in [1.54, 1.807) is 32.3 Å². The predicted molar refractivity (Wildman–Crippen MR) is 119 cm³/mol. The number of nitrogens with zero attached hydrogens (tertiary/aromatic N) is 4. The summed E-state index contributed by atoms with van der Waals surface area (Å²) in [6.07, 6.45) is 1.70. The van der Waals surface area contributed by atoms with Crippen LogP contribution >= 0.6 is 0 Å². The number of anilines is 3. The quantitative estimate of drug-likeness (QED) is 0.447. The van der Waals surface area contributed by atoms with E-state index in [9.17, 15) is 4.79 Å². The first-order chi connectivity index (χ1) is 14.5. The molecular weight excluding hydrogens is 382 g/mol. The number of piperazine rings is 1. The summed E-state index contributed by atoms with van der Waals surface area (Å²) in [5.41, 5.74) is 10.8. The van der Waals surface area contributed by atoms with Crippen LogP contribution in [-0.4, -0.2) is 55.3 Å². The number of nitrogens with one attached hydrogen (secondary N) is 2. The van der Waals surface area contributed by atoms with Crippen molar-refractivity contribution in [1.29, 1.82) is 0 Å². The van der Waals surface area contributed by atoms with Gasteiger partial charge in [-0.05, 0) is 19.1 Å². The van der Waals surface area contributed by atoms with Gasteiger partial charge in [-0.25, -0.2) is 9.97 Å². The lowest BCUT2D eigenvalue weighted by Gasteiger charge is -2.31. The van der Waals surface area contributed by atoms with Gasteiger partial charge in [-0.3, -0.25) is 9.79 Å². The molecule has 1 aliphatic rings. The lowest BCUT2D eigenvalue weighted by molar-refractivity contribution is 0.102. The molecule has 0 saturated carbocycles. The van der Waals surface area contributed by atoms with Crippen LogP contribution in [0.25, 0.3) is 11.1 Å². The number of benzene rings is 1. The smallest absolute Gasteiger partial charge is 0.258 e. The van der Waals surface area contributed by atoms with E-state index >= 15 is 0 Å². The largest absolute Gasteiger partial charge is 0.441 e. The molecule has 0 spiro atoms. The lowest BCUT2D eigenvalue weighted by atomic mass is 10.0. The Hall–Kier alpha value is -3.46. The van der Waals surface area contributed by atoms with Crippen molar-refractivity contribution in [3.63, 3.8) is 0 Å². The first-order valence-corrected chi connectivity index (χ1v) is 9.84. The van der Waals surface area contributed by atoms with Gasteiger partial charge < -0.3 is 25.7 Å². The average molecular weight is 407 g/mol. The van der Waals surface area contributed by atoms with Crippen molar-refractivity contribution >= 4 is 40.4 Å². The van der Waals surface area contributed by atoms with Crippen LogP contribution in [0, 0.1) is 13.8 Å². The number of nitrogen functional groups attached to an aromatic ring is 1. The summed E-state index contributed by atoms with van der Waals surface area (Å²) in [6, 6.07) is 5.34. The van der Waals surface area contributed by atoms with Gasteiger partial charge in [0.15, 0.2) is 11.5 Å². The Balaban J connectivity index is 1.66. The Labute approximate surface area is 174 Å². The molecule has 30 heavy (non-hydrogen) atoms. The minimum atomic E-state index is -0.340. The number of pyridine rings is 1. The van der Waals surface area contributed by atoms with E-state index in [0.29, 0.717) is 39.8 Å². The second kappa shape index (κ2) is 8.11. The number of carbonyl (C=O) groups excluding carboxylic acids is 1. The summed E-state index contributed by atoms with van der Waals surface area (Å²) in [6.45, 7) is 7.14. The van der Waals surface area contributed by atoms with Crippen molar-refractivity contribution in [2.45, 2.75) is 13.8 Å². The summed E-state index contributed by atoms with van der Waals surface area (Å²) in [5.74, 6) is 0.597. The van der Waals surface area contributed by atoms with E-state index in [-0.39, 0.29) is 5.91 Å². The van der Waals surface area contributed by atoms with Crippen LogP contribution in [0.5, 0.6) is 0 Å². The zero-order valence-electron chi connectivity index (χ0n) is 17.3. The number of rotatable bonds is 4. The number of oxazole rings is 1. The highest BCUT2D eigenvalue weighted by Gasteiger charge is 2.20. The van der Waals surface area contributed by atoms with Gasteiger partial charge >= 0.3 is 0 Å². The molecule has 0 unspecified atom stereocenters. The van der Waals surface area contributed by atoms with Crippen LogP contribution in [0.3, 0.4) is 0 Å². The van der Waals surface area contributed by atoms with Crippen molar-refractivity contribution < 1.29 is 9.21 Å². The summed E-state index contributed by atoms with van der Waals surface area (Å²) in [5, 5.41) is 6.16. The highest BCUT2D eigenvalue weighted by Crippen LogP contribution is 2.29. The SMILES string of the molecule is CN=Cc1c(N2CCNCC2)ccc(C(=O)Nc2cc3oc(C)nc3c(C)n2)c1N. The van der Waals surface area contributed by atoms with Crippen molar-refractivity contribution in [3.8, 4) is 0 Å². The van der Waals surface area contributed by atoms with Gasteiger partial charge in [0.1, 0.15) is 11.3 Å². The Morgan fingerprint density at radius 2 is 2.07 bits per heavy atom. The molecule has 4 N–H and O–H groups in total. The van der Waals surface area contributed by atoms with Crippen LogP contribution < -0.4 is 21.3 Å². The lowest BCUT2D eigenvalue weighted by Crippen LogP contribution is -2.44. The van der Waals surface area contributed by atoms with E-state index < -0.39 is 0 Å². The van der Waals surface area contributed by atoms with Crippen molar-refractivity contribution in [2.24, 2.45) is 4.99 Å². The van der Waals surface area contributed by atoms with Gasteiger partial charge in [0.25, 0.3) is 5.91 Å². The fourth-order valence-electron chi connectivity index (χ4n) is 3.71.